The van der Waals surface area contributed by atoms with Crippen LogP contribution in [0.25, 0.3) is 22.0 Å². The van der Waals surface area contributed by atoms with Gasteiger partial charge in [-0.25, -0.2) is 0 Å². The van der Waals surface area contributed by atoms with Crippen LogP contribution in [-0.4, -0.2) is 27.1 Å². The van der Waals surface area contributed by atoms with Crippen LogP contribution in [0.15, 0.2) is 61.1 Å². The fourth-order valence-electron chi connectivity index (χ4n) is 3.19. The minimum absolute atomic E-state index is 0.741. The molecule has 0 saturated carbocycles. The molecule has 2 heterocycles. The van der Waals surface area contributed by atoms with Crippen molar-refractivity contribution < 1.29 is 4.74 Å². The first-order valence-electron chi connectivity index (χ1n) is 8.67. The van der Waals surface area contributed by atoms with Gasteiger partial charge in [-0.3, -0.25) is 4.68 Å². The number of benzene rings is 2. The molecule has 0 bridgehead atoms. The number of methoxy groups -OCH3 is 1. The molecule has 0 unspecified atom stereocenters. The fourth-order valence-corrected chi connectivity index (χ4v) is 3.19. The molecule has 0 aliphatic carbocycles. The third-order valence-corrected chi connectivity index (χ3v) is 4.55. The van der Waals surface area contributed by atoms with E-state index in [1.165, 1.54) is 5.56 Å². The van der Waals surface area contributed by atoms with E-state index in [2.05, 4.69) is 46.6 Å². The number of hydrogen-bond donors (Lipinski definition) is 0. The summed E-state index contributed by atoms with van der Waals surface area (Å²) in [7, 11) is 1.69. The van der Waals surface area contributed by atoms with Gasteiger partial charge in [-0.2, -0.15) is 15.3 Å². The smallest absolute Gasteiger partial charge is 0.124 e. The average molecular weight is 344 g/mol. The molecule has 26 heavy (non-hydrogen) atoms. The molecule has 5 heteroatoms. The summed E-state index contributed by atoms with van der Waals surface area (Å²) >= 11 is 0. The fraction of sp³-hybridized carbons (Fsp3) is 0.190. The summed E-state index contributed by atoms with van der Waals surface area (Å²) in [5, 5.41) is 14.0. The second-order valence-electron chi connectivity index (χ2n) is 6.21. The van der Waals surface area contributed by atoms with Crippen molar-refractivity contribution in [3.63, 3.8) is 0 Å². The summed E-state index contributed by atoms with van der Waals surface area (Å²) in [4.78, 5) is 0. The first kappa shape index (κ1) is 16.3. The highest BCUT2D eigenvalue weighted by Crippen LogP contribution is 2.31. The zero-order chi connectivity index (χ0) is 17.9. The third kappa shape index (κ3) is 3.04. The number of nitrogens with zero attached hydrogens (tertiary/aromatic N) is 4. The van der Waals surface area contributed by atoms with Crippen molar-refractivity contribution in [2.45, 2.75) is 19.9 Å². The maximum absolute atomic E-state index is 5.48. The van der Waals surface area contributed by atoms with Gasteiger partial charge >= 0.3 is 0 Å². The second-order valence-corrected chi connectivity index (χ2v) is 6.21. The van der Waals surface area contributed by atoms with Crippen LogP contribution in [0, 0.1) is 0 Å². The second kappa shape index (κ2) is 6.96. The maximum Gasteiger partial charge on any atom is 0.124 e. The summed E-state index contributed by atoms with van der Waals surface area (Å²) in [5.74, 6) is 0.853. The lowest BCUT2D eigenvalue weighted by molar-refractivity contribution is 0.410. The largest absolute Gasteiger partial charge is 0.496 e. The van der Waals surface area contributed by atoms with Gasteiger partial charge in [0.05, 0.1) is 31.6 Å². The lowest BCUT2D eigenvalue weighted by atomic mass is 10.0. The summed E-state index contributed by atoms with van der Waals surface area (Å²) in [6.07, 6.45) is 6.64. The molecule has 0 atom stereocenters. The molecule has 2 aromatic carbocycles. The average Bonchev–Trinajstić information content (AvgIpc) is 3.15. The van der Waals surface area contributed by atoms with Crippen LogP contribution in [0.3, 0.4) is 0 Å². The van der Waals surface area contributed by atoms with Crippen molar-refractivity contribution in [2.75, 3.05) is 7.11 Å². The molecule has 0 radical (unpaired) electrons. The predicted octanol–water partition coefficient (Wildman–Crippen LogP) is 4.11. The highest BCUT2D eigenvalue weighted by molar-refractivity contribution is 5.94. The molecular weight excluding hydrogens is 324 g/mol. The van der Waals surface area contributed by atoms with E-state index < -0.39 is 0 Å². The molecule has 0 aliphatic rings. The Bertz CT molecular complexity index is 1040. The number of fused-ring (bicyclic) bond motifs is 1. The van der Waals surface area contributed by atoms with Crippen LogP contribution in [0.2, 0.25) is 0 Å². The van der Waals surface area contributed by atoms with Crippen LogP contribution in [0.5, 0.6) is 5.75 Å². The molecule has 4 rings (SSSR count). The van der Waals surface area contributed by atoms with E-state index >= 15 is 0 Å². The van der Waals surface area contributed by atoms with Crippen molar-refractivity contribution in [3.8, 4) is 16.9 Å². The Hall–Kier alpha value is -3.21. The van der Waals surface area contributed by atoms with Gasteiger partial charge in [-0.1, -0.05) is 37.3 Å². The van der Waals surface area contributed by atoms with Crippen LogP contribution >= 0.6 is 0 Å². The molecule has 0 aliphatic heterocycles. The molecule has 5 nitrogen and oxygen atoms in total. The minimum atomic E-state index is 0.741. The Morgan fingerprint density at radius 3 is 2.69 bits per heavy atom. The summed E-state index contributed by atoms with van der Waals surface area (Å²) in [6.45, 7) is 2.86. The van der Waals surface area contributed by atoms with E-state index in [1.54, 1.807) is 13.3 Å². The maximum atomic E-state index is 5.48. The van der Waals surface area contributed by atoms with Gasteiger partial charge in [0, 0.05) is 28.8 Å². The molecule has 0 saturated heterocycles. The molecule has 4 aromatic rings. The van der Waals surface area contributed by atoms with Crippen molar-refractivity contribution in [1.82, 2.24) is 20.0 Å². The molecule has 0 spiro atoms. The topological polar surface area (TPSA) is 52.8 Å². The van der Waals surface area contributed by atoms with Gasteiger partial charge in [0.2, 0.25) is 0 Å². The first-order valence-corrected chi connectivity index (χ1v) is 8.67. The summed E-state index contributed by atoms with van der Waals surface area (Å²) < 4.78 is 7.42. The number of aryl methyl sites for hydroxylation is 1. The van der Waals surface area contributed by atoms with Crippen LogP contribution in [-0.2, 0) is 13.0 Å². The lowest BCUT2D eigenvalue weighted by Gasteiger charge is -2.10. The van der Waals surface area contributed by atoms with Gasteiger partial charge in [0.25, 0.3) is 0 Å². The van der Waals surface area contributed by atoms with Crippen molar-refractivity contribution >= 4 is 10.9 Å². The SMILES string of the molecule is CCc1cc2c(-c3cnn(Cc4ccccc4)c3)cnnc2cc1OC. The van der Waals surface area contributed by atoms with E-state index in [0.717, 1.165) is 46.3 Å². The highest BCUT2D eigenvalue weighted by atomic mass is 16.5. The van der Waals surface area contributed by atoms with Crippen molar-refractivity contribution in [2.24, 2.45) is 0 Å². The zero-order valence-corrected chi connectivity index (χ0v) is 14.9. The Balaban J connectivity index is 1.75. The molecule has 0 N–H and O–H groups in total. The molecular formula is C21H20N4O. The van der Waals surface area contributed by atoms with Crippen molar-refractivity contribution in [3.05, 3.63) is 72.2 Å². The van der Waals surface area contributed by atoms with Gasteiger partial charge < -0.3 is 4.74 Å². The molecule has 2 aromatic heterocycles. The van der Waals surface area contributed by atoms with E-state index in [9.17, 15) is 0 Å². The van der Waals surface area contributed by atoms with Gasteiger partial charge in [-0.05, 0) is 23.6 Å². The lowest BCUT2D eigenvalue weighted by Crippen LogP contribution is -1.99. The molecule has 0 amide bonds. The van der Waals surface area contributed by atoms with E-state index in [-0.39, 0.29) is 0 Å². The number of aromatic nitrogens is 4. The normalized spacial score (nSPS) is 11.0. The Morgan fingerprint density at radius 1 is 1.08 bits per heavy atom. The van der Waals surface area contributed by atoms with Crippen molar-refractivity contribution in [1.29, 1.82) is 0 Å². The van der Waals surface area contributed by atoms with Crippen LogP contribution in [0.1, 0.15) is 18.1 Å². The Morgan fingerprint density at radius 2 is 1.92 bits per heavy atom. The number of rotatable bonds is 5. The summed E-state index contributed by atoms with van der Waals surface area (Å²) in [6, 6.07) is 14.4. The third-order valence-electron chi connectivity index (χ3n) is 4.55. The molecule has 130 valence electrons. The monoisotopic (exact) mass is 344 g/mol. The first-order chi connectivity index (χ1) is 12.8. The van der Waals surface area contributed by atoms with Gasteiger partial charge in [0.15, 0.2) is 0 Å². The number of hydrogen-bond acceptors (Lipinski definition) is 4. The van der Waals surface area contributed by atoms with E-state index in [4.69, 9.17) is 4.74 Å². The number of ether oxygens (including phenoxy) is 1. The van der Waals surface area contributed by atoms with E-state index in [0.29, 0.717) is 0 Å². The minimum Gasteiger partial charge on any atom is -0.496 e. The predicted molar refractivity (Wildman–Crippen MR) is 102 cm³/mol. The Kier molecular flexibility index (Phi) is 4.35. The van der Waals surface area contributed by atoms with Gasteiger partial charge in [0.1, 0.15) is 5.75 Å². The van der Waals surface area contributed by atoms with Gasteiger partial charge in [-0.15, -0.1) is 0 Å². The van der Waals surface area contributed by atoms with Crippen LogP contribution < -0.4 is 4.74 Å². The quantitative estimate of drug-likeness (QED) is 0.547. The van der Waals surface area contributed by atoms with Crippen LogP contribution in [0.4, 0.5) is 0 Å². The Labute approximate surface area is 152 Å². The van der Waals surface area contributed by atoms with E-state index in [1.807, 2.05) is 35.1 Å². The molecule has 0 fully saturated rings. The standard InChI is InChI=1S/C21H20N4O/c1-3-16-9-18-19(12-22-24-20(18)10-21(16)26-2)17-11-23-25(14-17)13-15-7-5-4-6-8-15/h4-12,14H,3,13H2,1-2H3. The summed E-state index contributed by atoms with van der Waals surface area (Å²) in [5.41, 5.74) is 5.27. The highest BCUT2D eigenvalue weighted by Gasteiger charge is 2.12. The zero-order valence-electron chi connectivity index (χ0n) is 14.9.